The molecule has 4 nitrogen and oxygen atoms in total. The highest BCUT2D eigenvalue weighted by molar-refractivity contribution is 5.82. The molecular weight excluding hydrogens is 180 g/mol. The SMILES string of the molecule is Cc1ccc(C/C(N)=N/OC=O)cc1. The maximum Gasteiger partial charge on any atom is 0.323 e. The molecule has 0 fully saturated rings. The Morgan fingerprint density at radius 1 is 1.50 bits per heavy atom. The number of aryl methyl sites for hydroxylation is 1. The van der Waals surface area contributed by atoms with E-state index < -0.39 is 0 Å². The van der Waals surface area contributed by atoms with E-state index in [1.54, 1.807) is 0 Å². The number of carbonyl (C=O) groups is 1. The lowest BCUT2D eigenvalue weighted by Crippen LogP contribution is -2.15. The molecule has 1 rings (SSSR count). The van der Waals surface area contributed by atoms with Gasteiger partial charge in [0.2, 0.25) is 0 Å². The van der Waals surface area contributed by atoms with E-state index in [-0.39, 0.29) is 12.3 Å². The predicted octanol–water partition coefficient (Wildman–Crippen LogP) is 0.983. The minimum Gasteiger partial charge on any atom is -0.384 e. The fraction of sp³-hybridized carbons (Fsp3) is 0.200. The summed E-state index contributed by atoms with van der Waals surface area (Å²) < 4.78 is 0. The summed E-state index contributed by atoms with van der Waals surface area (Å²) in [6.45, 7) is 2.25. The maximum absolute atomic E-state index is 9.82. The number of hydrogen-bond acceptors (Lipinski definition) is 3. The molecule has 74 valence electrons. The number of nitrogens with two attached hydrogens (primary N) is 1. The van der Waals surface area contributed by atoms with E-state index in [1.165, 1.54) is 5.56 Å². The van der Waals surface area contributed by atoms with Crippen LogP contribution in [0.25, 0.3) is 0 Å². The van der Waals surface area contributed by atoms with Gasteiger partial charge >= 0.3 is 6.47 Å². The van der Waals surface area contributed by atoms with Gasteiger partial charge in [-0.1, -0.05) is 35.0 Å². The molecule has 0 aromatic heterocycles. The Morgan fingerprint density at radius 3 is 2.71 bits per heavy atom. The van der Waals surface area contributed by atoms with Crippen molar-refractivity contribution in [2.24, 2.45) is 10.9 Å². The van der Waals surface area contributed by atoms with Gasteiger partial charge in [-0.15, -0.1) is 0 Å². The van der Waals surface area contributed by atoms with E-state index in [0.717, 1.165) is 5.56 Å². The molecule has 0 bridgehead atoms. The lowest BCUT2D eigenvalue weighted by molar-refractivity contribution is -0.128. The first-order valence-electron chi connectivity index (χ1n) is 4.19. The molecule has 0 saturated carbocycles. The van der Waals surface area contributed by atoms with Gasteiger partial charge in [0.05, 0.1) is 0 Å². The number of nitrogens with zero attached hydrogens (tertiary/aromatic N) is 1. The van der Waals surface area contributed by atoms with Crippen molar-refractivity contribution in [2.75, 3.05) is 0 Å². The van der Waals surface area contributed by atoms with Gasteiger partial charge in [-0.2, -0.15) is 0 Å². The summed E-state index contributed by atoms with van der Waals surface area (Å²) in [5.41, 5.74) is 7.72. The van der Waals surface area contributed by atoms with Crippen LogP contribution in [-0.2, 0) is 16.1 Å². The van der Waals surface area contributed by atoms with Gasteiger partial charge in [-0.3, -0.25) is 4.79 Å². The van der Waals surface area contributed by atoms with Crippen molar-refractivity contribution >= 4 is 12.3 Å². The van der Waals surface area contributed by atoms with Gasteiger partial charge in [0, 0.05) is 6.42 Å². The third-order valence-electron chi connectivity index (χ3n) is 1.72. The van der Waals surface area contributed by atoms with Crippen LogP contribution in [0.1, 0.15) is 11.1 Å². The minimum absolute atomic E-state index is 0.238. The second-order valence-corrected chi connectivity index (χ2v) is 2.95. The molecule has 14 heavy (non-hydrogen) atoms. The monoisotopic (exact) mass is 192 g/mol. The summed E-state index contributed by atoms with van der Waals surface area (Å²) in [5, 5.41) is 3.39. The van der Waals surface area contributed by atoms with Gasteiger partial charge in [0.25, 0.3) is 0 Å². The van der Waals surface area contributed by atoms with Crippen LogP contribution in [0.4, 0.5) is 0 Å². The molecule has 0 spiro atoms. The highest BCUT2D eigenvalue weighted by atomic mass is 16.7. The fourth-order valence-corrected chi connectivity index (χ4v) is 1.04. The van der Waals surface area contributed by atoms with E-state index in [2.05, 4.69) is 9.99 Å². The van der Waals surface area contributed by atoms with Gasteiger partial charge in [-0.05, 0) is 12.5 Å². The summed E-state index contributed by atoms with van der Waals surface area (Å²) in [6.07, 6.45) is 0.480. The minimum atomic E-state index is 0.238. The zero-order chi connectivity index (χ0) is 10.4. The number of amidine groups is 1. The molecule has 0 aliphatic heterocycles. The molecule has 1 aromatic rings. The van der Waals surface area contributed by atoms with Crippen LogP contribution < -0.4 is 5.73 Å². The summed E-state index contributed by atoms with van der Waals surface area (Å²) >= 11 is 0. The largest absolute Gasteiger partial charge is 0.384 e. The molecule has 4 heteroatoms. The zero-order valence-electron chi connectivity index (χ0n) is 7.93. The van der Waals surface area contributed by atoms with E-state index in [1.807, 2.05) is 31.2 Å². The average Bonchev–Trinajstić information content (AvgIpc) is 2.18. The van der Waals surface area contributed by atoms with Gasteiger partial charge in [0.1, 0.15) is 5.84 Å². The molecule has 0 aliphatic rings. The number of oxime groups is 1. The van der Waals surface area contributed by atoms with Crippen LogP contribution in [-0.4, -0.2) is 12.3 Å². The Morgan fingerprint density at radius 2 is 2.14 bits per heavy atom. The average molecular weight is 192 g/mol. The van der Waals surface area contributed by atoms with Crippen molar-refractivity contribution in [2.45, 2.75) is 13.3 Å². The summed E-state index contributed by atoms with van der Waals surface area (Å²) in [4.78, 5) is 14.0. The molecule has 0 heterocycles. The third kappa shape index (κ3) is 3.26. The maximum atomic E-state index is 9.82. The van der Waals surface area contributed by atoms with E-state index in [4.69, 9.17) is 5.73 Å². The quantitative estimate of drug-likeness (QED) is 0.254. The molecule has 0 radical (unpaired) electrons. The highest BCUT2D eigenvalue weighted by Crippen LogP contribution is 2.03. The summed E-state index contributed by atoms with van der Waals surface area (Å²) in [7, 11) is 0. The van der Waals surface area contributed by atoms with E-state index in [9.17, 15) is 4.79 Å². The number of hydrogen-bond donors (Lipinski definition) is 1. The van der Waals surface area contributed by atoms with Gasteiger partial charge in [-0.25, -0.2) is 0 Å². The Bertz CT molecular complexity index is 330. The first kappa shape index (κ1) is 10.2. The first-order valence-corrected chi connectivity index (χ1v) is 4.19. The molecule has 0 atom stereocenters. The van der Waals surface area contributed by atoms with Crippen LogP contribution >= 0.6 is 0 Å². The van der Waals surface area contributed by atoms with Crippen molar-refractivity contribution in [3.05, 3.63) is 35.4 Å². The first-order chi connectivity index (χ1) is 6.72. The van der Waals surface area contributed by atoms with Crippen LogP contribution in [0.15, 0.2) is 29.4 Å². The summed E-state index contributed by atoms with van der Waals surface area (Å²) in [5.74, 6) is 0.279. The van der Waals surface area contributed by atoms with Crippen molar-refractivity contribution in [3.8, 4) is 0 Å². The number of carbonyl (C=O) groups excluding carboxylic acids is 1. The Labute approximate surface area is 82.4 Å². The molecular formula is C10H12N2O2. The van der Waals surface area contributed by atoms with Crippen molar-refractivity contribution < 1.29 is 9.63 Å². The van der Waals surface area contributed by atoms with Crippen LogP contribution in [0, 0.1) is 6.92 Å². The van der Waals surface area contributed by atoms with E-state index >= 15 is 0 Å². The van der Waals surface area contributed by atoms with Crippen LogP contribution in [0.5, 0.6) is 0 Å². The van der Waals surface area contributed by atoms with Gasteiger partial charge in [0.15, 0.2) is 0 Å². The van der Waals surface area contributed by atoms with Crippen LogP contribution in [0.3, 0.4) is 0 Å². The number of benzene rings is 1. The normalized spacial score (nSPS) is 11.1. The molecule has 1 aromatic carbocycles. The predicted molar refractivity (Wildman–Crippen MR) is 53.7 cm³/mol. The molecule has 2 N–H and O–H groups in total. The molecule has 0 amide bonds. The van der Waals surface area contributed by atoms with Crippen molar-refractivity contribution in [1.29, 1.82) is 0 Å². The third-order valence-corrected chi connectivity index (χ3v) is 1.72. The smallest absolute Gasteiger partial charge is 0.323 e. The van der Waals surface area contributed by atoms with Crippen LogP contribution in [0.2, 0.25) is 0 Å². The van der Waals surface area contributed by atoms with E-state index in [0.29, 0.717) is 6.42 Å². The van der Waals surface area contributed by atoms with Gasteiger partial charge < -0.3 is 10.6 Å². The second kappa shape index (κ2) is 5.01. The van der Waals surface area contributed by atoms with Crippen molar-refractivity contribution in [3.63, 3.8) is 0 Å². The van der Waals surface area contributed by atoms with Crippen molar-refractivity contribution in [1.82, 2.24) is 0 Å². The molecule has 0 saturated heterocycles. The lowest BCUT2D eigenvalue weighted by atomic mass is 10.1. The Hall–Kier alpha value is -1.84. The Balaban J connectivity index is 2.60. The topological polar surface area (TPSA) is 64.7 Å². The highest BCUT2D eigenvalue weighted by Gasteiger charge is 1.96. The lowest BCUT2D eigenvalue weighted by Gasteiger charge is -2.00. The molecule has 0 unspecified atom stereocenters. The Kier molecular flexibility index (Phi) is 3.67. The standard InChI is InChI=1S/C10H12N2O2/c1-8-2-4-9(5-3-8)6-10(11)12-14-7-13/h2-5,7H,6H2,1H3,(H2,11,12). The fourth-order valence-electron chi connectivity index (χ4n) is 1.04. The molecule has 0 aliphatic carbocycles. The second-order valence-electron chi connectivity index (χ2n) is 2.95. The zero-order valence-corrected chi connectivity index (χ0v) is 7.93. The summed E-state index contributed by atoms with van der Waals surface area (Å²) in [6, 6.07) is 7.89. The number of rotatable bonds is 4.